The smallest absolute Gasteiger partial charge is 0.107 e. The molecule has 0 saturated heterocycles. The van der Waals surface area contributed by atoms with Crippen molar-refractivity contribution in [3.8, 4) is 0 Å². The van der Waals surface area contributed by atoms with E-state index in [2.05, 4.69) is 20.8 Å². The molecule has 0 saturated carbocycles. The van der Waals surface area contributed by atoms with Crippen LogP contribution in [0, 0.1) is 6.92 Å². The molecule has 0 unspecified atom stereocenters. The fourth-order valence-electron chi connectivity index (χ4n) is 1.36. The Morgan fingerprint density at radius 1 is 1.47 bits per heavy atom. The molecule has 2 aromatic heterocycles. The highest BCUT2D eigenvalue weighted by Crippen LogP contribution is 2.08. The van der Waals surface area contributed by atoms with Crippen molar-refractivity contribution in [1.82, 2.24) is 20.1 Å². The molecule has 1 N–H and O–H groups in total. The van der Waals surface area contributed by atoms with Crippen LogP contribution in [0.4, 0.5) is 0 Å². The van der Waals surface area contributed by atoms with Crippen LogP contribution in [0.3, 0.4) is 0 Å². The molecule has 0 aliphatic heterocycles. The fourth-order valence-corrected chi connectivity index (χ4v) is 2.10. The van der Waals surface area contributed by atoms with Gasteiger partial charge >= 0.3 is 0 Å². The first-order valence-electron chi connectivity index (χ1n) is 4.84. The summed E-state index contributed by atoms with van der Waals surface area (Å²) >= 11 is 1.69. The third kappa shape index (κ3) is 2.64. The number of aromatic nitrogens is 3. The lowest BCUT2D eigenvalue weighted by molar-refractivity contribution is 0.624. The molecule has 80 valence electrons. The number of hydrogen-bond donors (Lipinski definition) is 1. The Kier molecular flexibility index (Phi) is 3.13. The predicted octanol–water partition coefficient (Wildman–Crippen LogP) is 1.47. The van der Waals surface area contributed by atoms with E-state index in [0.717, 1.165) is 23.8 Å². The summed E-state index contributed by atoms with van der Waals surface area (Å²) in [4.78, 5) is 4.39. The van der Waals surface area contributed by atoms with Gasteiger partial charge < -0.3 is 5.32 Å². The number of nitrogens with one attached hydrogen (secondary N) is 1. The van der Waals surface area contributed by atoms with Crippen LogP contribution in [0.2, 0.25) is 0 Å². The molecule has 15 heavy (non-hydrogen) atoms. The molecule has 0 aliphatic carbocycles. The topological polar surface area (TPSA) is 42.7 Å². The highest BCUT2D eigenvalue weighted by atomic mass is 32.1. The monoisotopic (exact) mass is 222 g/mol. The predicted molar refractivity (Wildman–Crippen MR) is 60.6 cm³/mol. The maximum atomic E-state index is 4.39. The van der Waals surface area contributed by atoms with Gasteiger partial charge in [0.1, 0.15) is 5.01 Å². The second-order valence-corrected chi connectivity index (χ2v) is 4.37. The quantitative estimate of drug-likeness (QED) is 0.852. The number of thiazole rings is 1. The summed E-state index contributed by atoms with van der Waals surface area (Å²) in [5.74, 6) is 0. The second kappa shape index (κ2) is 4.55. The number of rotatable bonds is 4. The largest absolute Gasteiger partial charge is 0.305 e. The van der Waals surface area contributed by atoms with Gasteiger partial charge in [0.05, 0.1) is 5.69 Å². The molecule has 4 nitrogen and oxygen atoms in total. The van der Waals surface area contributed by atoms with Crippen LogP contribution < -0.4 is 5.32 Å². The summed E-state index contributed by atoms with van der Waals surface area (Å²) in [6.07, 6.45) is 1.81. The van der Waals surface area contributed by atoms with E-state index < -0.39 is 0 Å². The van der Waals surface area contributed by atoms with E-state index in [1.165, 1.54) is 5.69 Å². The van der Waals surface area contributed by atoms with E-state index in [4.69, 9.17) is 0 Å². The Hall–Kier alpha value is -1.20. The van der Waals surface area contributed by atoms with E-state index in [0.29, 0.717) is 0 Å². The molecule has 0 fully saturated rings. The van der Waals surface area contributed by atoms with Crippen LogP contribution >= 0.6 is 11.3 Å². The molecule has 0 atom stereocenters. The minimum atomic E-state index is 0.823. The molecule has 2 heterocycles. The lowest BCUT2D eigenvalue weighted by Gasteiger charge is -2.02. The van der Waals surface area contributed by atoms with Crippen LogP contribution in [-0.4, -0.2) is 14.8 Å². The molecule has 0 amide bonds. The summed E-state index contributed by atoms with van der Waals surface area (Å²) in [5.41, 5.74) is 2.28. The van der Waals surface area contributed by atoms with Crippen LogP contribution in [0.15, 0.2) is 17.6 Å². The molecule has 0 spiro atoms. The summed E-state index contributed by atoms with van der Waals surface area (Å²) in [6.45, 7) is 3.67. The summed E-state index contributed by atoms with van der Waals surface area (Å²) < 4.78 is 1.88. The van der Waals surface area contributed by atoms with Gasteiger partial charge in [-0.1, -0.05) is 0 Å². The van der Waals surface area contributed by atoms with E-state index in [1.807, 2.05) is 30.9 Å². The van der Waals surface area contributed by atoms with E-state index in [1.54, 1.807) is 11.3 Å². The van der Waals surface area contributed by atoms with Gasteiger partial charge in [-0.25, -0.2) is 4.98 Å². The van der Waals surface area contributed by atoms with Crippen LogP contribution in [0.25, 0.3) is 0 Å². The maximum absolute atomic E-state index is 4.39. The molecule has 0 aromatic carbocycles. The Morgan fingerprint density at radius 2 is 2.33 bits per heavy atom. The average molecular weight is 222 g/mol. The number of aryl methyl sites for hydroxylation is 2. The highest BCUT2D eigenvalue weighted by molar-refractivity contribution is 7.09. The van der Waals surface area contributed by atoms with Crippen molar-refractivity contribution in [1.29, 1.82) is 0 Å². The third-order valence-corrected chi connectivity index (χ3v) is 3.14. The Morgan fingerprint density at radius 3 is 2.93 bits per heavy atom. The minimum Gasteiger partial charge on any atom is -0.305 e. The van der Waals surface area contributed by atoms with Gasteiger partial charge in [0.25, 0.3) is 0 Å². The van der Waals surface area contributed by atoms with Crippen LogP contribution in [0.5, 0.6) is 0 Å². The van der Waals surface area contributed by atoms with Crippen molar-refractivity contribution in [3.63, 3.8) is 0 Å². The Labute approximate surface area is 93.0 Å². The Balaban J connectivity index is 1.83. The molecular formula is C10H14N4S. The third-order valence-electron chi connectivity index (χ3n) is 2.17. The van der Waals surface area contributed by atoms with Gasteiger partial charge in [-0.2, -0.15) is 5.10 Å². The van der Waals surface area contributed by atoms with Crippen LogP contribution in [-0.2, 0) is 20.1 Å². The fraction of sp³-hybridized carbons (Fsp3) is 0.400. The minimum absolute atomic E-state index is 0.823. The Bertz CT molecular complexity index is 432. The normalized spacial score (nSPS) is 10.8. The summed E-state index contributed by atoms with van der Waals surface area (Å²) in [5, 5.41) is 10.7. The van der Waals surface area contributed by atoms with Crippen molar-refractivity contribution in [2.24, 2.45) is 7.05 Å². The maximum Gasteiger partial charge on any atom is 0.107 e. The van der Waals surface area contributed by atoms with Gasteiger partial charge in [-0.3, -0.25) is 4.68 Å². The second-order valence-electron chi connectivity index (χ2n) is 3.43. The number of nitrogens with zero attached hydrogens (tertiary/aromatic N) is 3. The van der Waals surface area contributed by atoms with E-state index >= 15 is 0 Å². The molecule has 5 heteroatoms. The van der Waals surface area contributed by atoms with Crippen molar-refractivity contribution >= 4 is 11.3 Å². The highest BCUT2D eigenvalue weighted by Gasteiger charge is 2.00. The van der Waals surface area contributed by atoms with Gasteiger partial charge in [-0.15, -0.1) is 11.3 Å². The summed E-state index contributed by atoms with van der Waals surface area (Å²) in [6, 6.07) is 2.01. The molecule has 2 aromatic rings. The first-order valence-corrected chi connectivity index (χ1v) is 5.72. The number of hydrogen-bond acceptors (Lipinski definition) is 4. The molecule has 0 bridgehead atoms. The SMILES string of the molecule is Cc1csc(CNCc2ccnn2C)n1. The zero-order valence-electron chi connectivity index (χ0n) is 8.90. The van der Waals surface area contributed by atoms with Gasteiger partial charge in [0.15, 0.2) is 0 Å². The first-order chi connectivity index (χ1) is 7.25. The zero-order chi connectivity index (χ0) is 10.7. The van der Waals surface area contributed by atoms with Crippen molar-refractivity contribution in [2.45, 2.75) is 20.0 Å². The molecule has 2 rings (SSSR count). The van der Waals surface area contributed by atoms with Crippen molar-refractivity contribution in [2.75, 3.05) is 0 Å². The summed E-state index contributed by atoms with van der Waals surface area (Å²) in [7, 11) is 1.95. The molecule has 0 aliphatic rings. The van der Waals surface area contributed by atoms with Crippen molar-refractivity contribution in [3.05, 3.63) is 34.0 Å². The standard InChI is InChI=1S/C10H14N4S/c1-8-7-15-10(13-8)6-11-5-9-3-4-12-14(9)2/h3-4,7,11H,5-6H2,1-2H3. The molecular weight excluding hydrogens is 208 g/mol. The van der Waals surface area contributed by atoms with Gasteiger partial charge in [0, 0.05) is 37.4 Å². The molecule has 0 radical (unpaired) electrons. The van der Waals surface area contributed by atoms with Gasteiger partial charge in [-0.05, 0) is 13.0 Å². The lowest BCUT2D eigenvalue weighted by Crippen LogP contribution is -2.15. The van der Waals surface area contributed by atoms with E-state index in [-0.39, 0.29) is 0 Å². The lowest BCUT2D eigenvalue weighted by atomic mass is 10.4. The average Bonchev–Trinajstić information content (AvgIpc) is 2.77. The van der Waals surface area contributed by atoms with Crippen LogP contribution in [0.1, 0.15) is 16.4 Å². The first kappa shape index (κ1) is 10.3. The van der Waals surface area contributed by atoms with Crippen molar-refractivity contribution < 1.29 is 0 Å². The van der Waals surface area contributed by atoms with E-state index in [9.17, 15) is 0 Å². The zero-order valence-corrected chi connectivity index (χ0v) is 9.71. The van der Waals surface area contributed by atoms with Gasteiger partial charge in [0.2, 0.25) is 0 Å².